The fraction of sp³-hybridized carbons (Fsp3) is 0.828. The summed E-state index contributed by atoms with van der Waals surface area (Å²) in [5, 5.41) is 3.10. The van der Waals surface area contributed by atoms with Crippen LogP contribution in [0.15, 0.2) is 0 Å². The molecule has 0 aromatic heterocycles. The van der Waals surface area contributed by atoms with Gasteiger partial charge in [0.05, 0.1) is 6.04 Å². The molecule has 268 valence electrons. The van der Waals surface area contributed by atoms with Crippen molar-refractivity contribution < 1.29 is 55.1 Å². The standard InChI is InChI=1S/C17H26F3N3O4.C12H18F3N3O2/c1-16(2,3)27-15(26)23-6-4-5-12(23)14(25)22-9-7-21(8-10-22)13(24)11-17(18,19)20;13-12(14,15)8-10(19)17-4-6-18(7-5-17)11(20)9-2-1-3-16-9/h12H,4-11H2,1-3H3;9,16H,1-8H2/t12-;9-/m00/s1. The number of carbonyl (C=O) groups excluding carboxylic acids is 5. The molecule has 18 heteroatoms. The largest absolute Gasteiger partial charge is 0.444 e. The molecule has 4 fully saturated rings. The van der Waals surface area contributed by atoms with Gasteiger partial charge in [-0.1, -0.05) is 0 Å². The predicted octanol–water partition coefficient (Wildman–Crippen LogP) is 2.37. The molecule has 12 nitrogen and oxygen atoms in total. The van der Waals surface area contributed by atoms with Crippen molar-refractivity contribution in [3.63, 3.8) is 0 Å². The topological polar surface area (TPSA) is 123 Å². The number of likely N-dealkylation sites (tertiary alicyclic amines) is 1. The summed E-state index contributed by atoms with van der Waals surface area (Å²) in [6.45, 7) is 7.86. The summed E-state index contributed by atoms with van der Waals surface area (Å²) in [5.41, 5.74) is -0.669. The Balaban J connectivity index is 0.000000267. The maximum Gasteiger partial charge on any atom is 0.410 e. The molecule has 4 aliphatic heterocycles. The van der Waals surface area contributed by atoms with Crippen LogP contribution in [0.1, 0.15) is 59.3 Å². The van der Waals surface area contributed by atoms with Crippen LogP contribution in [-0.4, -0.2) is 150 Å². The molecule has 0 radical (unpaired) electrons. The third-order valence-corrected chi connectivity index (χ3v) is 8.12. The summed E-state index contributed by atoms with van der Waals surface area (Å²) >= 11 is 0. The molecule has 0 aliphatic carbocycles. The lowest BCUT2D eigenvalue weighted by Gasteiger charge is -2.37. The van der Waals surface area contributed by atoms with E-state index in [-0.39, 0.29) is 57.1 Å². The van der Waals surface area contributed by atoms with Crippen molar-refractivity contribution in [3.8, 4) is 0 Å². The minimum Gasteiger partial charge on any atom is -0.444 e. The van der Waals surface area contributed by atoms with Crippen LogP contribution < -0.4 is 5.32 Å². The zero-order valence-electron chi connectivity index (χ0n) is 26.9. The summed E-state index contributed by atoms with van der Waals surface area (Å²) in [6.07, 6.45) is -9.52. The number of nitrogens with one attached hydrogen (secondary N) is 1. The van der Waals surface area contributed by atoms with E-state index in [1.807, 2.05) is 0 Å². The first kappa shape index (κ1) is 38.1. The van der Waals surface area contributed by atoms with Gasteiger partial charge in [0, 0.05) is 58.9 Å². The molecule has 0 aromatic rings. The van der Waals surface area contributed by atoms with Crippen molar-refractivity contribution in [2.45, 2.75) is 89.3 Å². The Bertz CT molecular complexity index is 1120. The highest BCUT2D eigenvalue weighted by atomic mass is 19.4. The highest BCUT2D eigenvalue weighted by molar-refractivity contribution is 5.87. The van der Waals surface area contributed by atoms with Crippen LogP contribution in [0.2, 0.25) is 0 Å². The smallest absolute Gasteiger partial charge is 0.410 e. The first-order valence-electron chi connectivity index (χ1n) is 15.7. The van der Waals surface area contributed by atoms with Gasteiger partial charge in [-0.15, -0.1) is 0 Å². The van der Waals surface area contributed by atoms with Gasteiger partial charge in [-0.25, -0.2) is 4.79 Å². The molecule has 4 rings (SSSR count). The zero-order chi connectivity index (χ0) is 35.2. The van der Waals surface area contributed by atoms with E-state index in [0.29, 0.717) is 32.5 Å². The highest BCUT2D eigenvalue weighted by Crippen LogP contribution is 2.25. The molecule has 47 heavy (non-hydrogen) atoms. The van der Waals surface area contributed by atoms with E-state index >= 15 is 0 Å². The number of amides is 5. The Hall–Kier alpha value is -3.31. The van der Waals surface area contributed by atoms with E-state index in [1.165, 1.54) is 14.7 Å². The predicted molar refractivity (Wildman–Crippen MR) is 155 cm³/mol. The highest BCUT2D eigenvalue weighted by Gasteiger charge is 2.41. The Morgan fingerprint density at radius 1 is 0.638 bits per heavy atom. The molecule has 4 heterocycles. The van der Waals surface area contributed by atoms with Gasteiger partial charge in [0.15, 0.2) is 0 Å². The van der Waals surface area contributed by atoms with Gasteiger partial charge in [0.25, 0.3) is 0 Å². The average Bonchev–Trinajstić information content (AvgIpc) is 3.67. The van der Waals surface area contributed by atoms with E-state index < -0.39 is 54.7 Å². The van der Waals surface area contributed by atoms with Crippen LogP contribution in [0, 0.1) is 0 Å². The van der Waals surface area contributed by atoms with E-state index in [0.717, 1.165) is 24.3 Å². The van der Waals surface area contributed by atoms with Gasteiger partial charge in [-0.2, -0.15) is 26.3 Å². The maximum absolute atomic E-state index is 12.8. The number of rotatable bonds is 4. The third-order valence-electron chi connectivity index (χ3n) is 8.12. The first-order chi connectivity index (χ1) is 21.7. The van der Waals surface area contributed by atoms with Gasteiger partial charge in [-0.05, 0) is 53.0 Å². The van der Waals surface area contributed by atoms with Crippen LogP contribution in [0.5, 0.6) is 0 Å². The molecule has 1 N–H and O–H groups in total. The molecule has 2 atom stereocenters. The van der Waals surface area contributed by atoms with Crippen molar-refractivity contribution in [1.29, 1.82) is 0 Å². The molecular formula is C29H44F6N6O6. The zero-order valence-corrected chi connectivity index (χ0v) is 26.9. The number of alkyl halides is 6. The quantitative estimate of drug-likeness (QED) is 0.451. The Morgan fingerprint density at radius 2 is 1.09 bits per heavy atom. The lowest BCUT2D eigenvalue weighted by molar-refractivity contribution is -0.164. The first-order valence-corrected chi connectivity index (χ1v) is 15.7. The fourth-order valence-electron chi connectivity index (χ4n) is 5.81. The Labute approximate surface area is 269 Å². The van der Waals surface area contributed by atoms with E-state index in [9.17, 15) is 50.3 Å². The molecule has 0 bridgehead atoms. The number of piperazine rings is 2. The second kappa shape index (κ2) is 15.7. The normalized spacial score (nSPS) is 22.5. The molecular weight excluding hydrogens is 642 g/mol. The molecule has 0 saturated carbocycles. The summed E-state index contributed by atoms with van der Waals surface area (Å²) in [4.78, 5) is 67.1. The number of nitrogens with zero attached hydrogens (tertiary/aromatic N) is 5. The summed E-state index contributed by atoms with van der Waals surface area (Å²) < 4.78 is 78.8. The van der Waals surface area contributed by atoms with E-state index in [1.54, 1.807) is 25.7 Å². The van der Waals surface area contributed by atoms with Gasteiger partial charge in [-0.3, -0.25) is 24.1 Å². The van der Waals surface area contributed by atoms with Crippen molar-refractivity contribution in [2.75, 3.05) is 65.4 Å². The van der Waals surface area contributed by atoms with Crippen LogP contribution in [0.25, 0.3) is 0 Å². The molecule has 5 amide bonds. The van der Waals surface area contributed by atoms with Gasteiger partial charge in [0.1, 0.15) is 24.5 Å². The SMILES string of the molecule is CC(C)(C)OC(=O)N1CCC[C@H]1C(=O)N1CCN(C(=O)CC(F)(F)F)CC1.O=C(CC(F)(F)F)N1CCN(C(=O)[C@@H]2CCCN2)CC1. The minimum absolute atomic E-state index is 0.00887. The molecule has 0 unspecified atom stereocenters. The van der Waals surface area contributed by atoms with Crippen molar-refractivity contribution in [2.24, 2.45) is 0 Å². The van der Waals surface area contributed by atoms with Crippen molar-refractivity contribution >= 4 is 29.7 Å². The third kappa shape index (κ3) is 12.0. The summed E-state index contributed by atoms with van der Waals surface area (Å²) in [7, 11) is 0. The second-order valence-corrected chi connectivity index (χ2v) is 13.0. The van der Waals surface area contributed by atoms with Crippen LogP contribution in [-0.2, 0) is 23.9 Å². The number of hydrogen-bond donors (Lipinski definition) is 1. The monoisotopic (exact) mass is 686 g/mol. The van der Waals surface area contributed by atoms with E-state index in [4.69, 9.17) is 4.74 Å². The van der Waals surface area contributed by atoms with Gasteiger partial charge >= 0.3 is 18.4 Å². The number of halogens is 6. The molecule has 0 aromatic carbocycles. The number of ether oxygens (including phenoxy) is 1. The minimum atomic E-state index is -4.54. The molecule has 4 aliphatic rings. The summed E-state index contributed by atoms with van der Waals surface area (Å²) in [6, 6.07) is -0.801. The molecule has 0 spiro atoms. The summed E-state index contributed by atoms with van der Waals surface area (Å²) in [5.74, 6) is -2.15. The Morgan fingerprint density at radius 3 is 1.49 bits per heavy atom. The van der Waals surface area contributed by atoms with Crippen molar-refractivity contribution in [3.05, 3.63) is 0 Å². The fourth-order valence-corrected chi connectivity index (χ4v) is 5.81. The van der Waals surface area contributed by atoms with Crippen LogP contribution >= 0.6 is 0 Å². The van der Waals surface area contributed by atoms with Gasteiger partial charge in [0.2, 0.25) is 23.6 Å². The lowest BCUT2D eigenvalue weighted by atomic mass is 10.1. The maximum atomic E-state index is 12.8. The number of carbonyl (C=O) groups is 5. The van der Waals surface area contributed by atoms with Crippen LogP contribution in [0.4, 0.5) is 31.1 Å². The van der Waals surface area contributed by atoms with E-state index in [2.05, 4.69) is 5.32 Å². The average molecular weight is 687 g/mol. The second-order valence-electron chi connectivity index (χ2n) is 13.0. The van der Waals surface area contributed by atoms with Crippen molar-refractivity contribution in [1.82, 2.24) is 29.8 Å². The lowest BCUT2D eigenvalue weighted by Crippen LogP contribution is -2.56. The van der Waals surface area contributed by atoms with Gasteiger partial charge < -0.3 is 29.7 Å². The number of hydrogen-bond acceptors (Lipinski definition) is 7. The van der Waals surface area contributed by atoms with Crippen LogP contribution in [0.3, 0.4) is 0 Å². The molecule has 4 saturated heterocycles. The Kier molecular flexibility index (Phi) is 12.8.